The van der Waals surface area contributed by atoms with Crippen molar-refractivity contribution in [1.82, 2.24) is 10.6 Å². The van der Waals surface area contributed by atoms with Crippen LogP contribution in [0.3, 0.4) is 0 Å². The summed E-state index contributed by atoms with van der Waals surface area (Å²) in [6.45, 7) is 4.00. The molecule has 96 valence electrons. The summed E-state index contributed by atoms with van der Waals surface area (Å²) in [5, 5.41) is 14.8. The summed E-state index contributed by atoms with van der Waals surface area (Å²) >= 11 is 0. The van der Waals surface area contributed by atoms with E-state index in [0.717, 1.165) is 0 Å². The molecule has 0 unspecified atom stereocenters. The largest absolute Gasteiger partial charge is 0.480 e. The zero-order valence-electron chi connectivity index (χ0n) is 10.2. The fourth-order valence-electron chi connectivity index (χ4n) is 2.26. The predicted octanol–water partition coefficient (Wildman–Crippen LogP) is 0.522. The molecule has 17 heavy (non-hydrogen) atoms. The molecule has 0 saturated heterocycles. The monoisotopic (exact) mass is 240 g/mol. The Morgan fingerprint density at radius 3 is 2.47 bits per heavy atom. The smallest absolute Gasteiger partial charge is 0.323 e. The van der Waals surface area contributed by atoms with Crippen LogP contribution in [0.2, 0.25) is 0 Å². The normalized spacial score (nSPS) is 28.4. The van der Waals surface area contributed by atoms with Crippen molar-refractivity contribution in [2.24, 2.45) is 5.92 Å². The summed E-state index contributed by atoms with van der Waals surface area (Å²) in [6.07, 6.45) is 3.83. The van der Waals surface area contributed by atoms with Crippen molar-refractivity contribution in [3.8, 4) is 0 Å². The second-order valence-corrected chi connectivity index (χ2v) is 4.45. The third-order valence-corrected chi connectivity index (χ3v) is 3.52. The van der Waals surface area contributed by atoms with Crippen LogP contribution in [-0.4, -0.2) is 36.1 Å². The van der Waals surface area contributed by atoms with Crippen molar-refractivity contribution in [3.05, 3.63) is 12.7 Å². The first kappa shape index (κ1) is 13.7. The van der Waals surface area contributed by atoms with Gasteiger partial charge in [-0.1, -0.05) is 6.08 Å². The number of hydrogen-bond donors (Lipinski definition) is 3. The molecule has 0 aromatic rings. The first-order valence-corrected chi connectivity index (χ1v) is 5.86. The van der Waals surface area contributed by atoms with Gasteiger partial charge in [0.1, 0.15) is 5.54 Å². The summed E-state index contributed by atoms with van der Waals surface area (Å²) in [6, 6.07) is 0. The molecule has 1 saturated carbocycles. The van der Waals surface area contributed by atoms with Crippen LogP contribution in [0.15, 0.2) is 12.7 Å². The Balaban J connectivity index is 2.52. The van der Waals surface area contributed by atoms with Crippen LogP contribution in [-0.2, 0) is 9.59 Å². The Hall–Kier alpha value is -1.36. The molecule has 0 aliphatic heterocycles. The average Bonchev–Trinajstić information content (AvgIpc) is 2.35. The van der Waals surface area contributed by atoms with E-state index in [9.17, 15) is 14.7 Å². The molecule has 0 spiro atoms. The van der Waals surface area contributed by atoms with E-state index in [1.807, 2.05) is 0 Å². The van der Waals surface area contributed by atoms with Gasteiger partial charge in [-0.05, 0) is 32.7 Å². The molecule has 3 N–H and O–H groups in total. The zero-order valence-corrected chi connectivity index (χ0v) is 10.2. The minimum Gasteiger partial charge on any atom is -0.480 e. The van der Waals surface area contributed by atoms with Crippen LogP contribution in [0.5, 0.6) is 0 Å². The highest BCUT2D eigenvalue weighted by Gasteiger charge is 2.41. The molecule has 0 aromatic carbocycles. The maximum absolute atomic E-state index is 11.7. The predicted molar refractivity (Wildman–Crippen MR) is 64.6 cm³/mol. The molecule has 0 bridgehead atoms. The van der Waals surface area contributed by atoms with Crippen molar-refractivity contribution in [1.29, 1.82) is 0 Å². The van der Waals surface area contributed by atoms with Crippen LogP contribution in [0.1, 0.15) is 25.7 Å². The highest BCUT2D eigenvalue weighted by molar-refractivity contribution is 5.81. The first-order valence-electron chi connectivity index (χ1n) is 5.86. The first-order chi connectivity index (χ1) is 8.05. The van der Waals surface area contributed by atoms with Crippen molar-refractivity contribution in [2.75, 3.05) is 13.6 Å². The topological polar surface area (TPSA) is 78.4 Å². The number of aliphatic carboxylic acids is 1. The summed E-state index contributed by atoms with van der Waals surface area (Å²) in [4.78, 5) is 22.9. The Morgan fingerprint density at radius 1 is 1.47 bits per heavy atom. The van der Waals surface area contributed by atoms with Crippen LogP contribution >= 0.6 is 0 Å². The fraction of sp³-hybridized carbons (Fsp3) is 0.667. The van der Waals surface area contributed by atoms with Crippen LogP contribution in [0, 0.1) is 5.92 Å². The van der Waals surface area contributed by atoms with Crippen molar-refractivity contribution >= 4 is 11.9 Å². The summed E-state index contributed by atoms with van der Waals surface area (Å²) < 4.78 is 0. The quantitative estimate of drug-likeness (QED) is 0.612. The van der Waals surface area contributed by atoms with Gasteiger partial charge in [-0.15, -0.1) is 6.58 Å². The number of rotatable bonds is 5. The van der Waals surface area contributed by atoms with Gasteiger partial charge >= 0.3 is 5.97 Å². The van der Waals surface area contributed by atoms with Gasteiger partial charge in [0.2, 0.25) is 5.91 Å². The highest BCUT2D eigenvalue weighted by atomic mass is 16.4. The zero-order chi connectivity index (χ0) is 12.9. The number of hydrogen-bond acceptors (Lipinski definition) is 3. The maximum Gasteiger partial charge on any atom is 0.323 e. The van der Waals surface area contributed by atoms with Crippen LogP contribution in [0.4, 0.5) is 0 Å². The Kier molecular flexibility index (Phi) is 4.69. The number of carbonyl (C=O) groups is 2. The molecule has 5 heteroatoms. The molecular weight excluding hydrogens is 220 g/mol. The molecule has 1 fully saturated rings. The molecule has 0 aromatic heterocycles. The second kappa shape index (κ2) is 5.82. The van der Waals surface area contributed by atoms with E-state index in [4.69, 9.17) is 0 Å². The number of carboxylic acids is 1. The van der Waals surface area contributed by atoms with Gasteiger partial charge in [0.05, 0.1) is 0 Å². The van der Waals surface area contributed by atoms with Crippen LogP contribution < -0.4 is 10.6 Å². The number of carbonyl (C=O) groups excluding carboxylic acids is 1. The van der Waals surface area contributed by atoms with E-state index in [0.29, 0.717) is 32.2 Å². The number of nitrogens with one attached hydrogen (secondary N) is 2. The van der Waals surface area contributed by atoms with Crippen molar-refractivity contribution in [2.45, 2.75) is 31.2 Å². The number of amides is 1. The summed E-state index contributed by atoms with van der Waals surface area (Å²) in [7, 11) is 1.66. The Morgan fingerprint density at radius 2 is 2.06 bits per heavy atom. The molecule has 5 nitrogen and oxygen atoms in total. The minimum absolute atomic E-state index is 0.00000756. The fourth-order valence-corrected chi connectivity index (χ4v) is 2.26. The SMILES string of the molecule is C=CCNC(=O)C1CCC(NC)(C(=O)O)CC1. The van der Waals surface area contributed by atoms with E-state index in [1.54, 1.807) is 13.1 Å². The lowest BCUT2D eigenvalue weighted by Gasteiger charge is -2.35. The maximum atomic E-state index is 11.7. The lowest BCUT2D eigenvalue weighted by molar-refractivity contribution is -0.147. The van der Waals surface area contributed by atoms with Gasteiger partial charge in [0.25, 0.3) is 0 Å². The summed E-state index contributed by atoms with van der Waals surface area (Å²) in [5.41, 5.74) is -0.852. The third kappa shape index (κ3) is 3.06. The molecular formula is C12H20N2O3. The molecule has 1 aliphatic carbocycles. The van der Waals surface area contributed by atoms with Gasteiger partial charge in [-0.3, -0.25) is 9.59 Å². The van der Waals surface area contributed by atoms with E-state index in [1.165, 1.54) is 0 Å². The molecule has 1 rings (SSSR count). The summed E-state index contributed by atoms with van der Waals surface area (Å²) in [5.74, 6) is -0.902. The molecule has 1 amide bonds. The lowest BCUT2D eigenvalue weighted by Crippen LogP contribution is -2.53. The van der Waals surface area contributed by atoms with Crippen molar-refractivity contribution < 1.29 is 14.7 Å². The van der Waals surface area contributed by atoms with E-state index in [2.05, 4.69) is 17.2 Å². The van der Waals surface area contributed by atoms with Gasteiger partial charge in [0.15, 0.2) is 0 Å². The van der Waals surface area contributed by atoms with Gasteiger partial charge in [0, 0.05) is 12.5 Å². The molecule has 0 atom stereocenters. The lowest BCUT2D eigenvalue weighted by atomic mass is 9.76. The van der Waals surface area contributed by atoms with E-state index >= 15 is 0 Å². The third-order valence-electron chi connectivity index (χ3n) is 3.52. The number of likely N-dealkylation sites (N-methyl/N-ethyl adjacent to an activating group) is 1. The highest BCUT2D eigenvalue weighted by Crippen LogP contribution is 2.32. The molecule has 0 radical (unpaired) electrons. The average molecular weight is 240 g/mol. The van der Waals surface area contributed by atoms with Gasteiger partial charge < -0.3 is 15.7 Å². The van der Waals surface area contributed by atoms with Crippen molar-refractivity contribution in [3.63, 3.8) is 0 Å². The van der Waals surface area contributed by atoms with E-state index < -0.39 is 11.5 Å². The molecule has 0 heterocycles. The Bertz CT molecular complexity index is 307. The second-order valence-electron chi connectivity index (χ2n) is 4.45. The van der Waals surface area contributed by atoms with Gasteiger partial charge in [-0.2, -0.15) is 0 Å². The molecule has 1 aliphatic rings. The minimum atomic E-state index is -0.852. The van der Waals surface area contributed by atoms with Crippen LogP contribution in [0.25, 0.3) is 0 Å². The number of carboxylic acid groups (broad SMARTS) is 1. The van der Waals surface area contributed by atoms with Gasteiger partial charge in [-0.25, -0.2) is 0 Å². The van der Waals surface area contributed by atoms with E-state index in [-0.39, 0.29) is 11.8 Å². The Labute approximate surface area is 101 Å². The standard InChI is InChI=1S/C12H20N2O3/c1-3-8-14-10(15)9-4-6-12(13-2,7-5-9)11(16)17/h3,9,13H,1,4-8H2,2H3,(H,14,15)(H,16,17).